The Hall–Kier alpha value is -2.08. The highest BCUT2D eigenvalue weighted by Gasteiger charge is 2.27. The van der Waals surface area contributed by atoms with Gasteiger partial charge in [-0.3, -0.25) is 14.6 Å². The van der Waals surface area contributed by atoms with Crippen LogP contribution in [0.5, 0.6) is 5.75 Å². The molecule has 0 heterocycles. The number of benzene rings is 1. The van der Waals surface area contributed by atoms with E-state index in [1.54, 1.807) is 36.2 Å². The smallest absolute Gasteiger partial charge is 0.271 e. The van der Waals surface area contributed by atoms with Crippen LogP contribution < -0.4 is 10.5 Å². The predicted molar refractivity (Wildman–Crippen MR) is 90.6 cm³/mol. The third-order valence-corrected chi connectivity index (χ3v) is 3.67. The normalized spacial score (nSPS) is 11.5. The molecule has 0 aliphatic rings. The molecule has 0 atom stereocenters. The number of nitrogens with two attached hydrogens (primary N) is 1. The van der Waals surface area contributed by atoms with Crippen molar-refractivity contribution in [3.63, 3.8) is 0 Å². The highest BCUT2D eigenvalue weighted by molar-refractivity contribution is 6.03. The highest BCUT2D eigenvalue weighted by atomic mass is 16.5. The van der Waals surface area contributed by atoms with Gasteiger partial charge in [0, 0.05) is 20.6 Å². The quantitative estimate of drug-likeness (QED) is 0.842. The van der Waals surface area contributed by atoms with Gasteiger partial charge in [-0.25, -0.2) is 5.01 Å². The second kappa shape index (κ2) is 7.00. The maximum absolute atomic E-state index is 12.9. The molecule has 0 unspecified atom stereocenters. The van der Waals surface area contributed by atoms with Crippen molar-refractivity contribution >= 4 is 11.8 Å². The van der Waals surface area contributed by atoms with Crippen LogP contribution in [-0.4, -0.2) is 49.6 Å². The van der Waals surface area contributed by atoms with E-state index in [9.17, 15) is 9.59 Å². The summed E-state index contributed by atoms with van der Waals surface area (Å²) < 4.78 is 5.33. The largest absolute Gasteiger partial charge is 0.495 e. The Morgan fingerprint density at radius 3 is 2.04 bits per heavy atom. The molecule has 2 N–H and O–H groups in total. The van der Waals surface area contributed by atoms with Crippen molar-refractivity contribution in [1.82, 2.24) is 10.0 Å². The fourth-order valence-corrected chi connectivity index (χ4v) is 2.37. The SMILES string of the molecule is CCN(C(=O)c1cc(C(C)(C)C)cc(C(N)=O)c1OC)N(C)C. The second-order valence-corrected chi connectivity index (χ2v) is 6.59. The van der Waals surface area contributed by atoms with Gasteiger partial charge in [-0.2, -0.15) is 0 Å². The second-order valence-electron chi connectivity index (χ2n) is 6.59. The van der Waals surface area contributed by atoms with Crippen molar-refractivity contribution in [2.45, 2.75) is 33.1 Å². The zero-order valence-electron chi connectivity index (χ0n) is 15.1. The maximum Gasteiger partial charge on any atom is 0.271 e. The lowest BCUT2D eigenvalue weighted by Gasteiger charge is -2.29. The fraction of sp³-hybridized carbons (Fsp3) is 0.529. The molecule has 128 valence electrons. The number of rotatable bonds is 5. The van der Waals surface area contributed by atoms with Crippen LogP contribution in [0.4, 0.5) is 0 Å². The van der Waals surface area contributed by atoms with Crippen LogP contribution in [0.25, 0.3) is 0 Å². The summed E-state index contributed by atoms with van der Waals surface area (Å²) in [7, 11) is 5.01. The standard InChI is InChI=1S/C17H27N3O3/c1-8-20(19(5)6)16(22)13-10-11(17(2,3)4)9-12(15(18)21)14(13)23-7/h9-10H,8H2,1-7H3,(H2,18,21). The van der Waals surface area contributed by atoms with Gasteiger partial charge in [-0.1, -0.05) is 20.8 Å². The van der Waals surface area contributed by atoms with Gasteiger partial charge in [-0.05, 0) is 30.0 Å². The maximum atomic E-state index is 12.9. The van der Waals surface area contributed by atoms with Gasteiger partial charge in [0.15, 0.2) is 0 Å². The Labute approximate surface area is 138 Å². The van der Waals surface area contributed by atoms with Gasteiger partial charge in [0.05, 0.1) is 18.2 Å². The van der Waals surface area contributed by atoms with Crippen LogP contribution in [0.1, 0.15) is 54.0 Å². The first-order valence-corrected chi connectivity index (χ1v) is 7.56. The highest BCUT2D eigenvalue weighted by Crippen LogP contribution is 2.32. The van der Waals surface area contributed by atoms with Gasteiger partial charge >= 0.3 is 0 Å². The van der Waals surface area contributed by atoms with Crippen molar-refractivity contribution in [2.75, 3.05) is 27.7 Å². The summed E-state index contributed by atoms with van der Waals surface area (Å²) in [6, 6.07) is 3.48. The van der Waals surface area contributed by atoms with E-state index in [1.807, 2.05) is 27.7 Å². The summed E-state index contributed by atoms with van der Waals surface area (Å²) in [6.45, 7) is 8.42. The number of primary amides is 1. The molecule has 0 aliphatic carbocycles. The van der Waals surface area contributed by atoms with Crippen molar-refractivity contribution in [3.05, 3.63) is 28.8 Å². The molecule has 1 aromatic carbocycles. The topological polar surface area (TPSA) is 75.9 Å². The Balaban J connectivity index is 3.65. The number of hydrazine groups is 1. The molecule has 0 bridgehead atoms. The lowest BCUT2D eigenvalue weighted by molar-refractivity contribution is 0.0227. The number of ether oxygens (including phenoxy) is 1. The first kappa shape index (κ1) is 19.0. The lowest BCUT2D eigenvalue weighted by Crippen LogP contribution is -2.42. The van der Waals surface area contributed by atoms with Gasteiger partial charge in [0.25, 0.3) is 11.8 Å². The minimum Gasteiger partial charge on any atom is -0.495 e. The van der Waals surface area contributed by atoms with E-state index < -0.39 is 5.91 Å². The summed E-state index contributed by atoms with van der Waals surface area (Å²) >= 11 is 0. The van der Waals surface area contributed by atoms with E-state index in [2.05, 4.69) is 0 Å². The average molecular weight is 321 g/mol. The lowest BCUT2D eigenvalue weighted by atomic mass is 9.84. The van der Waals surface area contributed by atoms with Crippen molar-refractivity contribution in [3.8, 4) is 5.75 Å². The number of carbonyl (C=O) groups excluding carboxylic acids is 2. The van der Waals surface area contributed by atoms with Crippen molar-refractivity contribution < 1.29 is 14.3 Å². The molecule has 6 nitrogen and oxygen atoms in total. The predicted octanol–water partition coefficient (Wildman–Crippen LogP) is 2.03. The van der Waals surface area contributed by atoms with E-state index in [0.717, 1.165) is 5.56 Å². The van der Waals surface area contributed by atoms with Crippen molar-refractivity contribution in [2.24, 2.45) is 5.73 Å². The molecule has 0 saturated carbocycles. The minimum absolute atomic E-state index is 0.218. The number of amides is 2. The fourth-order valence-electron chi connectivity index (χ4n) is 2.37. The molecule has 0 fully saturated rings. The molecule has 1 rings (SSSR count). The number of hydrogen-bond acceptors (Lipinski definition) is 4. The number of methoxy groups -OCH3 is 1. The Morgan fingerprint density at radius 1 is 1.17 bits per heavy atom. The average Bonchev–Trinajstić information content (AvgIpc) is 2.44. The Kier molecular flexibility index (Phi) is 5.77. The van der Waals surface area contributed by atoms with E-state index in [-0.39, 0.29) is 22.6 Å². The van der Waals surface area contributed by atoms with Crippen LogP contribution in [0, 0.1) is 0 Å². The molecule has 23 heavy (non-hydrogen) atoms. The van der Waals surface area contributed by atoms with Gasteiger partial charge in [-0.15, -0.1) is 0 Å². The summed E-state index contributed by atoms with van der Waals surface area (Å²) in [4.78, 5) is 24.7. The number of carbonyl (C=O) groups is 2. The van der Waals surface area contributed by atoms with E-state index in [4.69, 9.17) is 10.5 Å². The molecular weight excluding hydrogens is 294 g/mol. The molecule has 2 amide bonds. The molecule has 0 aromatic heterocycles. The molecule has 0 radical (unpaired) electrons. The molecule has 1 aromatic rings. The molecular formula is C17H27N3O3. The first-order chi connectivity index (χ1) is 10.5. The minimum atomic E-state index is -0.616. The van der Waals surface area contributed by atoms with Crippen molar-refractivity contribution in [1.29, 1.82) is 0 Å². The zero-order valence-corrected chi connectivity index (χ0v) is 15.1. The summed E-state index contributed by atoms with van der Waals surface area (Å²) in [5.41, 5.74) is 6.66. The van der Waals surface area contributed by atoms with Gasteiger partial charge in [0.1, 0.15) is 5.75 Å². The van der Waals surface area contributed by atoms with Gasteiger partial charge in [0.2, 0.25) is 0 Å². The molecule has 0 saturated heterocycles. The Bertz CT molecular complexity index is 604. The first-order valence-electron chi connectivity index (χ1n) is 7.56. The Morgan fingerprint density at radius 2 is 1.70 bits per heavy atom. The van der Waals surface area contributed by atoms with Crippen LogP contribution >= 0.6 is 0 Å². The van der Waals surface area contributed by atoms with E-state index >= 15 is 0 Å². The molecule has 0 spiro atoms. The van der Waals surface area contributed by atoms with Crippen LogP contribution in [0.3, 0.4) is 0 Å². The number of hydrogen-bond donors (Lipinski definition) is 1. The third kappa shape index (κ3) is 4.01. The molecule has 6 heteroatoms. The summed E-state index contributed by atoms with van der Waals surface area (Å²) in [6.07, 6.45) is 0. The molecule has 0 aliphatic heterocycles. The third-order valence-electron chi connectivity index (χ3n) is 3.67. The van der Waals surface area contributed by atoms with Crippen LogP contribution in [0.2, 0.25) is 0 Å². The van der Waals surface area contributed by atoms with Crippen LogP contribution in [0.15, 0.2) is 12.1 Å². The summed E-state index contributed by atoms with van der Waals surface area (Å²) in [5, 5.41) is 3.27. The van der Waals surface area contributed by atoms with Crippen LogP contribution in [-0.2, 0) is 5.41 Å². The zero-order chi connectivity index (χ0) is 17.9. The summed E-state index contributed by atoms with van der Waals surface area (Å²) in [5.74, 6) is -0.631. The monoisotopic (exact) mass is 321 g/mol. The van der Waals surface area contributed by atoms with E-state index in [1.165, 1.54) is 7.11 Å². The van der Waals surface area contributed by atoms with Gasteiger partial charge < -0.3 is 10.5 Å². The van der Waals surface area contributed by atoms with E-state index in [0.29, 0.717) is 12.1 Å². The number of nitrogens with zero attached hydrogens (tertiary/aromatic N) is 2.